The van der Waals surface area contributed by atoms with E-state index in [1.165, 1.54) is 17.4 Å². The van der Waals surface area contributed by atoms with Crippen LogP contribution >= 0.6 is 22.0 Å². The van der Waals surface area contributed by atoms with Crippen LogP contribution in [0.3, 0.4) is 0 Å². The van der Waals surface area contributed by atoms with Crippen LogP contribution in [0.25, 0.3) is 0 Å². The molecule has 1 heterocycles. The molecule has 0 bridgehead atoms. The Morgan fingerprint density at radius 3 is 2.70 bits per heavy atom. The van der Waals surface area contributed by atoms with Crippen molar-refractivity contribution >= 4 is 31.4 Å². The Kier molecular flexibility index (Phi) is 2.18. The predicted octanol–water partition coefficient (Wildman–Crippen LogP) is 1.61. The molecule has 0 aliphatic heterocycles. The number of halogens is 1. The molecule has 0 aliphatic rings. The molecule has 0 N–H and O–H groups in total. The van der Waals surface area contributed by atoms with Gasteiger partial charge in [0.25, 0.3) is 0 Å². The van der Waals surface area contributed by atoms with Crippen molar-refractivity contribution in [3.8, 4) is 5.75 Å². The van der Waals surface area contributed by atoms with Crippen LogP contribution in [-0.2, 0) is 9.33 Å². The first-order chi connectivity index (χ1) is 4.58. The molecule has 1 aromatic heterocycles. The van der Waals surface area contributed by atoms with E-state index in [2.05, 4.69) is 4.18 Å². The topological polar surface area (TPSA) is 43.4 Å². The van der Waals surface area contributed by atoms with Gasteiger partial charge in [-0.2, -0.15) is 8.42 Å². The second-order valence-electron chi connectivity index (χ2n) is 1.44. The zero-order valence-electron chi connectivity index (χ0n) is 4.65. The maximum Gasteiger partial charge on any atom is 0.401 e. The van der Waals surface area contributed by atoms with Gasteiger partial charge in [-0.05, 0) is 11.4 Å². The van der Waals surface area contributed by atoms with Crippen LogP contribution in [0, 0.1) is 0 Å². The van der Waals surface area contributed by atoms with E-state index >= 15 is 0 Å². The third-order valence-corrected chi connectivity index (χ3v) is 1.93. The maximum atomic E-state index is 10.2. The lowest BCUT2D eigenvalue weighted by Crippen LogP contribution is -1.98. The van der Waals surface area contributed by atoms with E-state index in [4.69, 9.17) is 10.7 Å². The Balaban J connectivity index is 2.75. The summed E-state index contributed by atoms with van der Waals surface area (Å²) in [6.45, 7) is 0. The third-order valence-electron chi connectivity index (χ3n) is 0.691. The fraction of sp³-hybridized carbons (Fsp3) is 0. The molecule has 1 aromatic rings. The minimum absolute atomic E-state index is 0.250. The zero-order valence-corrected chi connectivity index (χ0v) is 7.04. The van der Waals surface area contributed by atoms with E-state index < -0.39 is 9.33 Å². The zero-order chi connectivity index (χ0) is 7.61. The Labute approximate surface area is 66.8 Å². The summed E-state index contributed by atoms with van der Waals surface area (Å²) in [6.07, 6.45) is 0. The molecule has 0 saturated heterocycles. The molecule has 6 heteroatoms. The van der Waals surface area contributed by atoms with E-state index in [1.54, 1.807) is 10.8 Å². The lowest BCUT2D eigenvalue weighted by molar-refractivity contribution is 0.504. The van der Waals surface area contributed by atoms with Gasteiger partial charge in [-0.15, -0.1) is 11.3 Å². The summed E-state index contributed by atoms with van der Waals surface area (Å²) in [5.74, 6) is 0.250. The minimum Gasteiger partial charge on any atom is -0.370 e. The average molecular weight is 199 g/mol. The largest absolute Gasteiger partial charge is 0.401 e. The van der Waals surface area contributed by atoms with Gasteiger partial charge in [-0.3, -0.25) is 0 Å². The van der Waals surface area contributed by atoms with Gasteiger partial charge in [0.05, 0.1) is 10.7 Å². The van der Waals surface area contributed by atoms with Crippen molar-refractivity contribution in [2.24, 2.45) is 0 Å². The van der Waals surface area contributed by atoms with E-state index in [0.29, 0.717) is 0 Å². The monoisotopic (exact) mass is 198 g/mol. The van der Waals surface area contributed by atoms with Gasteiger partial charge in [0, 0.05) is 5.38 Å². The molecule has 10 heavy (non-hydrogen) atoms. The van der Waals surface area contributed by atoms with Crippen LogP contribution in [0.15, 0.2) is 16.8 Å². The van der Waals surface area contributed by atoms with Crippen LogP contribution < -0.4 is 4.18 Å². The van der Waals surface area contributed by atoms with Gasteiger partial charge >= 0.3 is 9.33 Å². The first-order valence-electron chi connectivity index (χ1n) is 2.24. The molecule has 0 radical (unpaired) electrons. The first kappa shape index (κ1) is 7.84. The van der Waals surface area contributed by atoms with Gasteiger partial charge < -0.3 is 4.18 Å². The Hall–Kier alpha value is -0.260. The van der Waals surface area contributed by atoms with Crippen LogP contribution in [0.1, 0.15) is 0 Å². The number of hydrogen-bond donors (Lipinski definition) is 0. The van der Waals surface area contributed by atoms with E-state index in [9.17, 15) is 8.42 Å². The van der Waals surface area contributed by atoms with Gasteiger partial charge in [0.2, 0.25) is 0 Å². The lowest BCUT2D eigenvalue weighted by Gasteiger charge is -1.93. The van der Waals surface area contributed by atoms with Crippen molar-refractivity contribution in [2.45, 2.75) is 0 Å². The van der Waals surface area contributed by atoms with Crippen molar-refractivity contribution in [1.82, 2.24) is 0 Å². The van der Waals surface area contributed by atoms with Gasteiger partial charge in [0.1, 0.15) is 0 Å². The summed E-state index contributed by atoms with van der Waals surface area (Å²) in [7, 11) is 0.911. The minimum atomic E-state index is -3.87. The van der Waals surface area contributed by atoms with Crippen molar-refractivity contribution in [2.75, 3.05) is 0 Å². The Morgan fingerprint density at radius 1 is 1.60 bits per heavy atom. The number of hydrogen-bond acceptors (Lipinski definition) is 4. The molecule has 0 aliphatic carbocycles. The fourth-order valence-corrected chi connectivity index (χ4v) is 1.58. The normalized spacial score (nSPS) is 11.3. The van der Waals surface area contributed by atoms with Gasteiger partial charge in [-0.25, -0.2) is 0 Å². The second-order valence-corrected chi connectivity index (χ2v) is 4.30. The molecule has 0 atom stereocenters. The lowest BCUT2D eigenvalue weighted by atomic mass is 10.6. The SMILES string of the molecule is O=S(=O)(Cl)Oc1ccsc1. The summed E-state index contributed by atoms with van der Waals surface area (Å²) >= 11 is 1.33. The molecule has 1 rings (SSSR count). The summed E-state index contributed by atoms with van der Waals surface area (Å²) < 4.78 is 24.8. The molecule has 0 spiro atoms. The highest BCUT2D eigenvalue weighted by Gasteiger charge is 2.05. The maximum absolute atomic E-state index is 10.2. The van der Waals surface area contributed by atoms with E-state index in [-0.39, 0.29) is 5.75 Å². The molecule has 0 saturated carbocycles. The van der Waals surface area contributed by atoms with Crippen LogP contribution in [0.5, 0.6) is 5.75 Å². The number of rotatable bonds is 2. The van der Waals surface area contributed by atoms with Crippen LogP contribution in [-0.4, -0.2) is 8.42 Å². The number of thiophene rings is 1. The quantitative estimate of drug-likeness (QED) is 0.679. The highest BCUT2D eigenvalue weighted by molar-refractivity contribution is 8.10. The third kappa shape index (κ3) is 2.55. The highest BCUT2D eigenvalue weighted by atomic mass is 35.7. The molecule has 0 aromatic carbocycles. The molecule has 3 nitrogen and oxygen atoms in total. The van der Waals surface area contributed by atoms with Crippen LogP contribution in [0.4, 0.5) is 0 Å². The molecular weight excluding hydrogens is 196 g/mol. The Morgan fingerprint density at radius 2 is 2.30 bits per heavy atom. The standard InChI is InChI=1S/C4H3ClO3S2/c5-10(6,7)8-4-1-2-9-3-4/h1-3H. The predicted molar refractivity (Wildman–Crippen MR) is 39.7 cm³/mol. The average Bonchev–Trinajstić information content (AvgIpc) is 2.12. The smallest absolute Gasteiger partial charge is 0.370 e. The van der Waals surface area contributed by atoms with Crippen molar-refractivity contribution in [3.63, 3.8) is 0 Å². The summed E-state index contributed by atoms with van der Waals surface area (Å²) in [6, 6.07) is 1.52. The molecule has 56 valence electrons. The second kappa shape index (κ2) is 2.77. The van der Waals surface area contributed by atoms with Gasteiger partial charge in [0.15, 0.2) is 5.75 Å². The van der Waals surface area contributed by atoms with E-state index in [0.717, 1.165) is 0 Å². The molecule has 0 fully saturated rings. The first-order valence-corrected chi connectivity index (χ1v) is 5.42. The van der Waals surface area contributed by atoms with Crippen LogP contribution in [0.2, 0.25) is 0 Å². The Bertz CT molecular complexity index is 288. The molecule has 0 unspecified atom stereocenters. The van der Waals surface area contributed by atoms with Crippen molar-refractivity contribution in [1.29, 1.82) is 0 Å². The summed E-state index contributed by atoms with van der Waals surface area (Å²) in [5.41, 5.74) is 0. The summed E-state index contributed by atoms with van der Waals surface area (Å²) in [4.78, 5) is 0. The van der Waals surface area contributed by atoms with Crippen molar-refractivity contribution in [3.05, 3.63) is 16.8 Å². The molecule has 0 amide bonds. The van der Waals surface area contributed by atoms with Crippen molar-refractivity contribution < 1.29 is 12.6 Å². The van der Waals surface area contributed by atoms with Gasteiger partial charge in [-0.1, -0.05) is 0 Å². The highest BCUT2D eigenvalue weighted by Crippen LogP contribution is 2.17. The van der Waals surface area contributed by atoms with E-state index in [1.807, 2.05) is 0 Å². The summed E-state index contributed by atoms with van der Waals surface area (Å²) in [5, 5.41) is 3.23. The molecular formula is C4H3ClO3S2. The fourth-order valence-electron chi connectivity index (χ4n) is 0.414.